The summed E-state index contributed by atoms with van der Waals surface area (Å²) in [6.07, 6.45) is 0.557. The highest BCUT2D eigenvalue weighted by Gasteiger charge is 2.46. The average Bonchev–Trinajstić information content (AvgIpc) is 3.83. The van der Waals surface area contributed by atoms with Gasteiger partial charge in [-0.05, 0) is 67.5 Å². The fourth-order valence-corrected chi connectivity index (χ4v) is 9.21. The average molecular weight is 815 g/mol. The van der Waals surface area contributed by atoms with E-state index in [1.807, 2.05) is 36.1 Å². The summed E-state index contributed by atoms with van der Waals surface area (Å²) < 4.78 is 41.3. The number of aromatic nitrogens is 4. The van der Waals surface area contributed by atoms with Gasteiger partial charge in [0.25, 0.3) is 12.0 Å². The number of fused-ring (bicyclic) bond motifs is 2. The third-order valence-corrected chi connectivity index (χ3v) is 12.5. The number of hydrogen-bond acceptors (Lipinski definition) is 9. The van der Waals surface area contributed by atoms with Gasteiger partial charge in [0.1, 0.15) is 16.9 Å². The van der Waals surface area contributed by atoms with Crippen molar-refractivity contribution in [1.29, 1.82) is 0 Å². The fraction of sp³-hybridized carbons (Fsp3) is 0.405. The van der Waals surface area contributed by atoms with Crippen LogP contribution in [0, 0.1) is 6.92 Å². The Hall–Kier alpha value is -5.38. The molecule has 16 heteroatoms. The number of benzene rings is 2. The van der Waals surface area contributed by atoms with Crippen molar-refractivity contribution in [1.82, 2.24) is 34.2 Å². The molecule has 3 aliphatic rings. The number of pyridine rings is 2. The molecule has 0 saturated carbocycles. The van der Waals surface area contributed by atoms with Gasteiger partial charge in [-0.2, -0.15) is 0 Å². The van der Waals surface area contributed by atoms with E-state index in [1.54, 1.807) is 26.4 Å². The summed E-state index contributed by atoms with van der Waals surface area (Å²) in [5.41, 5.74) is 4.23. The molecular weight excluding hydrogens is 770 g/mol. The second kappa shape index (κ2) is 15.4. The lowest BCUT2D eigenvalue weighted by molar-refractivity contribution is 0.114. The van der Waals surface area contributed by atoms with E-state index < -0.39 is 23.4 Å². The van der Waals surface area contributed by atoms with Crippen molar-refractivity contribution in [2.45, 2.75) is 50.6 Å². The second-order valence-electron chi connectivity index (χ2n) is 15.4. The number of alkyl halides is 2. The normalized spacial score (nSPS) is 19.4. The number of hydrogen-bond donors (Lipinski definition) is 2. The number of carbonyl (C=O) groups is 1. The molecule has 2 fully saturated rings. The van der Waals surface area contributed by atoms with Crippen LogP contribution in [-0.4, -0.2) is 87.5 Å². The summed E-state index contributed by atoms with van der Waals surface area (Å²) in [6, 6.07) is 14.4. The molecule has 5 aromatic rings. The summed E-state index contributed by atoms with van der Waals surface area (Å²) in [4.78, 5) is 52.4. The predicted octanol–water partition coefficient (Wildman–Crippen LogP) is 6.51. The van der Waals surface area contributed by atoms with Gasteiger partial charge in [-0.25, -0.2) is 28.3 Å². The van der Waals surface area contributed by atoms with Gasteiger partial charge in [0.15, 0.2) is 0 Å². The van der Waals surface area contributed by atoms with Crippen LogP contribution < -0.4 is 26.6 Å². The van der Waals surface area contributed by atoms with Crippen molar-refractivity contribution < 1.29 is 23.0 Å². The Labute approximate surface area is 338 Å². The molecule has 2 amide bonds. The highest BCUT2D eigenvalue weighted by molar-refractivity contribution is 6.36. The molecule has 13 nitrogen and oxygen atoms in total. The Bertz CT molecular complexity index is 2580. The minimum Gasteiger partial charge on any atom is -0.481 e. The molecule has 2 aliphatic heterocycles. The van der Waals surface area contributed by atoms with Crippen LogP contribution in [-0.2, 0) is 25.3 Å². The van der Waals surface area contributed by atoms with Crippen LogP contribution in [0.2, 0.25) is 5.02 Å². The lowest BCUT2D eigenvalue weighted by Crippen LogP contribution is -2.61. The molecule has 5 heterocycles. The van der Waals surface area contributed by atoms with E-state index in [1.165, 1.54) is 14.1 Å². The van der Waals surface area contributed by atoms with Gasteiger partial charge in [-0.1, -0.05) is 41.9 Å². The van der Waals surface area contributed by atoms with Crippen LogP contribution in [0.25, 0.3) is 33.3 Å². The van der Waals surface area contributed by atoms with Gasteiger partial charge < -0.3 is 25.0 Å². The molecule has 0 bridgehead atoms. The minimum atomic E-state index is -2.94. The van der Waals surface area contributed by atoms with Gasteiger partial charge in [-0.15, -0.1) is 0 Å². The highest BCUT2D eigenvalue weighted by atomic mass is 35.5. The smallest absolute Gasteiger partial charge is 0.330 e. The van der Waals surface area contributed by atoms with E-state index in [2.05, 4.69) is 26.6 Å². The number of aryl methyl sites for hydroxylation is 2. The zero-order valence-corrected chi connectivity index (χ0v) is 33.8. The highest BCUT2D eigenvalue weighted by Crippen LogP contribution is 2.47. The van der Waals surface area contributed by atoms with E-state index in [4.69, 9.17) is 26.1 Å². The molecule has 3 aromatic heterocycles. The van der Waals surface area contributed by atoms with Crippen LogP contribution in [0.3, 0.4) is 0 Å². The number of urea groups is 1. The molecule has 2 saturated heterocycles. The molecule has 1 spiro atoms. The number of anilines is 2. The molecule has 0 unspecified atom stereocenters. The van der Waals surface area contributed by atoms with Gasteiger partial charge in [-0.3, -0.25) is 18.8 Å². The number of ether oxygens (including phenoxy) is 2. The monoisotopic (exact) mass is 814 g/mol. The molecule has 2 N–H and O–H groups in total. The first-order chi connectivity index (χ1) is 27.8. The predicted molar refractivity (Wildman–Crippen MR) is 218 cm³/mol. The SMILES string of the molecule is COCCN1CC[C@]2(CCN([C@H]3CCc4cc(-c5cccc(-c6cccc(Nc7nc(C(F)F)cc8c7c(=O)n(C)c(=O)n8C)c6C)c5Cl)nc(OC)c43)C2)NC1=O. The third-order valence-electron chi connectivity index (χ3n) is 12.1. The van der Waals surface area contributed by atoms with Gasteiger partial charge in [0, 0.05) is 75.8 Å². The quantitative estimate of drug-likeness (QED) is 0.162. The van der Waals surface area contributed by atoms with Crippen LogP contribution in [0.15, 0.2) is 58.1 Å². The molecular formula is C42H45ClF2N8O5. The lowest BCUT2D eigenvalue weighted by atomic mass is 9.92. The van der Waals surface area contributed by atoms with Crippen molar-refractivity contribution in [3.05, 3.63) is 96.8 Å². The maximum atomic E-state index is 14.0. The van der Waals surface area contributed by atoms with E-state index in [-0.39, 0.29) is 34.3 Å². The molecule has 304 valence electrons. The maximum absolute atomic E-state index is 14.0. The Kier molecular flexibility index (Phi) is 10.5. The fourth-order valence-electron chi connectivity index (χ4n) is 8.89. The number of nitrogens with one attached hydrogen (secondary N) is 2. The van der Waals surface area contributed by atoms with E-state index in [0.29, 0.717) is 47.5 Å². The first-order valence-electron chi connectivity index (χ1n) is 19.3. The summed E-state index contributed by atoms with van der Waals surface area (Å²) in [5.74, 6) is 0.460. The van der Waals surface area contributed by atoms with E-state index >= 15 is 0 Å². The van der Waals surface area contributed by atoms with Crippen LogP contribution >= 0.6 is 11.6 Å². The number of likely N-dealkylation sites (tertiary alicyclic amines) is 1. The first-order valence-corrected chi connectivity index (χ1v) is 19.6. The Morgan fingerprint density at radius 2 is 1.74 bits per heavy atom. The number of halogens is 3. The van der Waals surface area contributed by atoms with E-state index in [0.717, 1.165) is 81.8 Å². The van der Waals surface area contributed by atoms with Crippen molar-refractivity contribution in [2.75, 3.05) is 52.3 Å². The first kappa shape index (κ1) is 39.4. The number of nitrogens with zero attached hydrogens (tertiary/aromatic N) is 6. The zero-order chi connectivity index (χ0) is 41.0. The number of amides is 2. The molecule has 1 aliphatic carbocycles. The topological polar surface area (TPSA) is 136 Å². The molecule has 8 rings (SSSR count). The summed E-state index contributed by atoms with van der Waals surface area (Å²) in [7, 11) is 6.03. The summed E-state index contributed by atoms with van der Waals surface area (Å²) >= 11 is 7.25. The number of carbonyl (C=O) groups excluding carboxylic acids is 1. The number of rotatable bonds is 10. The van der Waals surface area contributed by atoms with Crippen LogP contribution in [0.1, 0.15) is 54.1 Å². The lowest BCUT2D eigenvalue weighted by Gasteiger charge is -2.40. The molecule has 2 aromatic carbocycles. The number of methoxy groups -OCH3 is 2. The maximum Gasteiger partial charge on any atom is 0.330 e. The molecule has 58 heavy (non-hydrogen) atoms. The second-order valence-corrected chi connectivity index (χ2v) is 15.7. The van der Waals surface area contributed by atoms with Crippen molar-refractivity contribution in [3.8, 4) is 28.3 Å². The standard InChI is InChI=1S/C42H45ClF2N8O5/c1-23-25(8-7-11-28(23)46-37-34-32(21-30(47-37)36(44)45)50(2)41(56)51(3)39(34)54)26-9-6-10-27(35(26)43)29-20-24-12-13-31(33(24)38(48-29)58-5)53-17-15-42(22-53)14-16-52(18-19-57-4)40(55)49-42/h6-11,20-21,31,36H,12-19,22H2,1-5H3,(H,46,47)(H,49,55)/t31-,42+/m0/s1. The van der Waals surface area contributed by atoms with Gasteiger partial charge in [0.2, 0.25) is 5.88 Å². The Morgan fingerprint density at radius 3 is 2.48 bits per heavy atom. The van der Waals surface area contributed by atoms with Crippen LogP contribution in [0.5, 0.6) is 5.88 Å². The summed E-state index contributed by atoms with van der Waals surface area (Å²) in [6.45, 7) is 5.26. The van der Waals surface area contributed by atoms with Gasteiger partial charge in [0.05, 0.1) is 35.5 Å². The van der Waals surface area contributed by atoms with Crippen molar-refractivity contribution in [3.63, 3.8) is 0 Å². The van der Waals surface area contributed by atoms with Crippen molar-refractivity contribution >= 4 is 40.0 Å². The molecule has 0 radical (unpaired) electrons. The zero-order valence-electron chi connectivity index (χ0n) is 33.0. The Balaban J connectivity index is 1.09. The third kappa shape index (κ3) is 6.78. The van der Waals surface area contributed by atoms with E-state index in [9.17, 15) is 23.2 Å². The summed E-state index contributed by atoms with van der Waals surface area (Å²) in [5, 5.41) is 6.92. The largest absolute Gasteiger partial charge is 0.481 e. The van der Waals surface area contributed by atoms with Crippen molar-refractivity contribution in [2.24, 2.45) is 14.1 Å². The van der Waals surface area contributed by atoms with Crippen LogP contribution in [0.4, 0.5) is 25.1 Å². The van der Waals surface area contributed by atoms with Gasteiger partial charge >= 0.3 is 11.7 Å². The Morgan fingerprint density at radius 1 is 1.00 bits per heavy atom. The molecule has 2 atom stereocenters. The minimum absolute atomic E-state index is 0.00718.